The van der Waals surface area contributed by atoms with Crippen LogP contribution in [0.2, 0.25) is 0 Å². The minimum atomic E-state index is -0.519. The van der Waals surface area contributed by atoms with Crippen LogP contribution in [-0.4, -0.2) is 39.4 Å². The molecule has 0 bridgehead atoms. The number of thiazole rings is 1. The molecule has 0 spiro atoms. The number of rotatable bonds is 3. The van der Waals surface area contributed by atoms with E-state index >= 15 is 0 Å². The standard InChI is InChI=1S/C24H26FN3O3S/c1-12(2)31-23(30)16-10-28(22(29)15-7-8-17(25)13(3)9-15)11-24(5,6)18-19(16)27-21-20(18)26-14(4)32-21/h7-10,12,27H,11H2,1-6H3. The van der Waals surface area contributed by atoms with Crippen molar-refractivity contribution in [3.05, 3.63) is 57.6 Å². The lowest BCUT2D eigenvalue weighted by Crippen LogP contribution is -2.37. The van der Waals surface area contributed by atoms with E-state index in [1.54, 1.807) is 27.0 Å². The first-order chi connectivity index (χ1) is 15.0. The number of ether oxygens (including phenoxy) is 1. The van der Waals surface area contributed by atoms with Crippen LogP contribution in [-0.2, 0) is 14.9 Å². The minimum absolute atomic E-state index is 0.273. The van der Waals surface area contributed by atoms with Crippen LogP contribution in [0.5, 0.6) is 0 Å². The largest absolute Gasteiger partial charge is 0.459 e. The summed E-state index contributed by atoms with van der Waals surface area (Å²) in [7, 11) is 0. The second kappa shape index (κ2) is 7.85. The molecule has 1 amide bonds. The van der Waals surface area contributed by atoms with Gasteiger partial charge in [-0.15, -0.1) is 11.3 Å². The van der Waals surface area contributed by atoms with E-state index in [-0.39, 0.29) is 23.4 Å². The summed E-state index contributed by atoms with van der Waals surface area (Å²) < 4.78 is 19.3. The summed E-state index contributed by atoms with van der Waals surface area (Å²) in [6, 6.07) is 4.27. The zero-order valence-corrected chi connectivity index (χ0v) is 19.8. The van der Waals surface area contributed by atoms with E-state index in [0.717, 1.165) is 20.9 Å². The molecule has 1 aliphatic heterocycles. The van der Waals surface area contributed by atoms with E-state index in [1.807, 2.05) is 20.8 Å². The van der Waals surface area contributed by atoms with Crippen LogP contribution in [0.25, 0.3) is 15.9 Å². The van der Waals surface area contributed by atoms with E-state index in [0.29, 0.717) is 23.4 Å². The molecule has 1 aliphatic rings. The molecule has 0 fully saturated rings. The highest BCUT2D eigenvalue weighted by molar-refractivity contribution is 7.18. The molecule has 4 rings (SSSR count). The van der Waals surface area contributed by atoms with Crippen molar-refractivity contribution in [3.63, 3.8) is 0 Å². The molecule has 3 aromatic rings. The molecule has 3 heterocycles. The number of carbonyl (C=O) groups excluding carboxylic acids is 2. The summed E-state index contributed by atoms with van der Waals surface area (Å²) in [5.74, 6) is -1.20. The highest BCUT2D eigenvalue weighted by atomic mass is 32.1. The lowest BCUT2D eigenvalue weighted by atomic mass is 9.83. The molecule has 1 aromatic carbocycles. The van der Waals surface area contributed by atoms with E-state index in [1.165, 1.54) is 34.4 Å². The molecule has 8 heteroatoms. The zero-order valence-electron chi connectivity index (χ0n) is 19.0. The Labute approximate surface area is 190 Å². The quantitative estimate of drug-likeness (QED) is 0.557. The molecule has 0 saturated carbocycles. The number of nitrogens with zero attached hydrogens (tertiary/aromatic N) is 2. The second-order valence-corrected chi connectivity index (χ2v) is 10.3. The molecule has 0 aliphatic carbocycles. The van der Waals surface area contributed by atoms with Crippen LogP contribution in [0.3, 0.4) is 0 Å². The number of fused-ring (bicyclic) bond motifs is 3. The van der Waals surface area contributed by atoms with Crippen LogP contribution < -0.4 is 0 Å². The fraction of sp³-hybridized carbons (Fsp3) is 0.375. The SMILES string of the molecule is Cc1nc2c3c([nH]c2s1)C(C(=O)OC(C)C)=CN(C(=O)c1ccc(F)c(C)c1)CC3(C)C. The molecule has 2 aromatic heterocycles. The number of hydrogen-bond acceptors (Lipinski definition) is 5. The van der Waals surface area contributed by atoms with E-state index in [9.17, 15) is 14.0 Å². The molecular formula is C24H26FN3O3S. The lowest BCUT2D eigenvalue weighted by Gasteiger charge is -2.29. The number of H-pyrrole nitrogens is 1. The van der Waals surface area contributed by atoms with Gasteiger partial charge in [-0.1, -0.05) is 13.8 Å². The fourth-order valence-corrected chi connectivity index (χ4v) is 4.94. The van der Waals surface area contributed by atoms with Crippen molar-refractivity contribution in [2.24, 2.45) is 0 Å². The van der Waals surface area contributed by atoms with Gasteiger partial charge in [-0.05, 0) is 51.5 Å². The van der Waals surface area contributed by atoms with Crippen molar-refractivity contribution in [3.8, 4) is 0 Å². The lowest BCUT2D eigenvalue weighted by molar-refractivity contribution is -0.140. The van der Waals surface area contributed by atoms with Crippen LogP contribution in [0, 0.1) is 19.7 Å². The number of halogens is 1. The summed E-state index contributed by atoms with van der Waals surface area (Å²) in [4.78, 5) is 37.0. The van der Waals surface area contributed by atoms with Crippen molar-refractivity contribution >= 4 is 39.1 Å². The maximum absolute atomic E-state index is 13.8. The van der Waals surface area contributed by atoms with Crippen LogP contribution in [0.1, 0.15) is 59.9 Å². The predicted molar refractivity (Wildman–Crippen MR) is 123 cm³/mol. The number of aryl methyl sites for hydroxylation is 2. The third-order valence-electron chi connectivity index (χ3n) is 5.48. The number of amides is 1. The van der Waals surface area contributed by atoms with E-state index in [4.69, 9.17) is 9.72 Å². The van der Waals surface area contributed by atoms with Crippen molar-refractivity contribution in [2.75, 3.05) is 6.54 Å². The predicted octanol–water partition coefficient (Wildman–Crippen LogP) is 5.11. The average molecular weight is 456 g/mol. The maximum atomic E-state index is 13.8. The maximum Gasteiger partial charge on any atom is 0.342 e. The first-order valence-corrected chi connectivity index (χ1v) is 11.3. The Morgan fingerprint density at radius 2 is 2.00 bits per heavy atom. The Bertz CT molecular complexity index is 1270. The molecule has 6 nitrogen and oxygen atoms in total. The van der Waals surface area contributed by atoms with Crippen molar-refractivity contribution in [1.82, 2.24) is 14.9 Å². The number of hydrogen-bond donors (Lipinski definition) is 1. The van der Waals surface area contributed by atoms with Gasteiger partial charge in [0, 0.05) is 29.3 Å². The molecule has 32 heavy (non-hydrogen) atoms. The van der Waals surface area contributed by atoms with Gasteiger partial charge in [0.15, 0.2) is 0 Å². The van der Waals surface area contributed by atoms with Gasteiger partial charge in [-0.25, -0.2) is 14.2 Å². The molecule has 168 valence electrons. The average Bonchev–Trinajstić information content (AvgIpc) is 3.17. The fourth-order valence-electron chi connectivity index (χ4n) is 4.11. The van der Waals surface area contributed by atoms with Crippen LogP contribution >= 0.6 is 11.3 Å². The Morgan fingerprint density at radius 3 is 2.66 bits per heavy atom. The summed E-state index contributed by atoms with van der Waals surface area (Å²) in [6.07, 6.45) is 1.23. The highest BCUT2D eigenvalue weighted by Gasteiger charge is 2.38. The third kappa shape index (κ3) is 3.83. The summed E-state index contributed by atoms with van der Waals surface area (Å²) >= 11 is 1.53. The highest BCUT2D eigenvalue weighted by Crippen LogP contribution is 2.41. The van der Waals surface area contributed by atoms with E-state index < -0.39 is 11.4 Å². The number of benzene rings is 1. The summed E-state index contributed by atoms with van der Waals surface area (Å²) in [5.41, 5.74) is 2.81. The monoisotopic (exact) mass is 455 g/mol. The number of nitrogens with one attached hydrogen (secondary N) is 1. The molecule has 1 N–H and O–H groups in total. The first-order valence-electron chi connectivity index (χ1n) is 10.5. The van der Waals surface area contributed by atoms with Gasteiger partial charge in [0.2, 0.25) is 0 Å². The Kier molecular flexibility index (Phi) is 5.45. The second-order valence-electron chi connectivity index (χ2n) is 9.06. The molecular weight excluding hydrogens is 429 g/mol. The number of carbonyl (C=O) groups is 2. The smallest absolute Gasteiger partial charge is 0.342 e. The van der Waals surface area contributed by atoms with Gasteiger partial charge in [0.05, 0.1) is 22.4 Å². The summed E-state index contributed by atoms with van der Waals surface area (Å²) in [5, 5.41) is 0.916. The van der Waals surface area contributed by atoms with Crippen LogP contribution in [0.15, 0.2) is 24.4 Å². The van der Waals surface area contributed by atoms with Crippen molar-refractivity contribution < 1.29 is 18.7 Å². The van der Waals surface area contributed by atoms with Gasteiger partial charge >= 0.3 is 5.97 Å². The Morgan fingerprint density at radius 1 is 1.28 bits per heavy atom. The molecule has 0 saturated heterocycles. The third-order valence-corrected chi connectivity index (χ3v) is 6.37. The van der Waals surface area contributed by atoms with Gasteiger partial charge in [0.25, 0.3) is 5.91 Å². The normalized spacial score (nSPS) is 15.5. The van der Waals surface area contributed by atoms with Crippen molar-refractivity contribution in [1.29, 1.82) is 0 Å². The van der Waals surface area contributed by atoms with Gasteiger partial charge < -0.3 is 14.6 Å². The molecule has 0 atom stereocenters. The zero-order chi connectivity index (χ0) is 23.4. The van der Waals surface area contributed by atoms with E-state index in [2.05, 4.69) is 4.98 Å². The molecule has 0 radical (unpaired) electrons. The Balaban J connectivity index is 1.88. The number of aromatic nitrogens is 2. The topological polar surface area (TPSA) is 75.3 Å². The molecule has 0 unspecified atom stereocenters. The Hall–Kier alpha value is -3.00. The minimum Gasteiger partial charge on any atom is -0.459 e. The first kappa shape index (κ1) is 22.2. The summed E-state index contributed by atoms with van der Waals surface area (Å²) in [6.45, 7) is 11.5. The van der Waals surface area contributed by atoms with Gasteiger partial charge in [-0.2, -0.15) is 0 Å². The number of aromatic amines is 1. The van der Waals surface area contributed by atoms with Gasteiger partial charge in [0.1, 0.15) is 16.2 Å². The van der Waals surface area contributed by atoms with Gasteiger partial charge in [-0.3, -0.25) is 4.79 Å². The van der Waals surface area contributed by atoms with Crippen LogP contribution in [0.4, 0.5) is 4.39 Å². The van der Waals surface area contributed by atoms with Crippen molar-refractivity contribution in [2.45, 2.75) is 53.1 Å². The number of esters is 1.